The minimum Gasteiger partial charge on any atom is -0.382 e. The molecule has 1 atom stereocenters. The van der Waals surface area contributed by atoms with Gasteiger partial charge in [0.15, 0.2) is 9.84 Å². The maximum Gasteiger partial charge on any atom is 0.226 e. The Kier molecular flexibility index (Phi) is 6.20. The van der Waals surface area contributed by atoms with Gasteiger partial charge in [-0.1, -0.05) is 19.1 Å². The maximum absolute atomic E-state index is 11.6. The van der Waals surface area contributed by atoms with Gasteiger partial charge < -0.3 is 10.2 Å². The third kappa shape index (κ3) is 6.16. The molecular formula is C15H24N2O3S. The average Bonchev–Trinajstić information content (AvgIpc) is 2.40. The van der Waals surface area contributed by atoms with E-state index in [4.69, 9.17) is 0 Å². The second-order valence-corrected chi connectivity index (χ2v) is 7.80. The largest absolute Gasteiger partial charge is 0.382 e. The van der Waals surface area contributed by atoms with Gasteiger partial charge in [0.25, 0.3) is 0 Å². The van der Waals surface area contributed by atoms with E-state index in [2.05, 4.69) is 5.32 Å². The Morgan fingerprint density at radius 3 is 2.29 bits per heavy atom. The van der Waals surface area contributed by atoms with Crippen molar-refractivity contribution in [1.29, 1.82) is 0 Å². The van der Waals surface area contributed by atoms with Crippen molar-refractivity contribution in [3.8, 4) is 0 Å². The minimum absolute atomic E-state index is 0.0538. The first-order valence-electron chi connectivity index (χ1n) is 6.99. The fourth-order valence-electron chi connectivity index (χ4n) is 1.88. The van der Waals surface area contributed by atoms with Crippen LogP contribution in [0.5, 0.6) is 0 Å². The summed E-state index contributed by atoms with van der Waals surface area (Å²) in [6, 6.07) is 7.35. The first-order chi connectivity index (χ1) is 9.73. The number of likely N-dealkylation sites (N-methyl/N-ethyl adjacent to an activating group) is 1. The van der Waals surface area contributed by atoms with Gasteiger partial charge in [-0.25, -0.2) is 8.42 Å². The van der Waals surface area contributed by atoms with E-state index in [1.807, 2.05) is 31.2 Å². The highest BCUT2D eigenvalue weighted by Crippen LogP contribution is 2.12. The molecule has 0 saturated carbocycles. The summed E-state index contributed by atoms with van der Waals surface area (Å²) < 4.78 is 23.1. The molecule has 0 heterocycles. The van der Waals surface area contributed by atoms with Crippen LogP contribution in [0.2, 0.25) is 0 Å². The number of anilines is 1. The Morgan fingerprint density at radius 1 is 1.24 bits per heavy atom. The predicted octanol–water partition coefficient (Wildman–Crippen LogP) is 1.55. The second kappa shape index (κ2) is 7.45. The zero-order valence-electron chi connectivity index (χ0n) is 13.1. The number of carbonyl (C=O) groups is 1. The number of benzene rings is 1. The molecule has 0 radical (unpaired) electrons. The van der Waals surface area contributed by atoms with Crippen LogP contribution in [0.3, 0.4) is 0 Å². The topological polar surface area (TPSA) is 66.5 Å². The molecule has 1 rings (SSSR count). The van der Waals surface area contributed by atoms with Crippen molar-refractivity contribution in [1.82, 2.24) is 4.90 Å². The summed E-state index contributed by atoms with van der Waals surface area (Å²) in [5.41, 5.74) is 1.79. The molecule has 0 aliphatic carbocycles. The molecule has 0 spiro atoms. The molecule has 1 aromatic carbocycles. The van der Waals surface area contributed by atoms with E-state index in [1.165, 1.54) is 0 Å². The molecule has 21 heavy (non-hydrogen) atoms. The van der Waals surface area contributed by atoms with Crippen LogP contribution < -0.4 is 5.32 Å². The second-order valence-electron chi connectivity index (χ2n) is 5.41. The minimum atomic E-state index is -2.99. The molecule has 0 fully saturated rings. The van der Waals surface area contributed by atoms with Crippen molar-refractivity contribution >= 4 is 21.4 Å². The van der Waals surface area contributed by atoms with Crippen LogP contribution in [0, 0.1) is 0 Å². The lowest BCUT2D eigenvalue weighted by Gasteiger charge is -2.15. The fourth-order valence-corrected chi connectivity index (χ4v) is 2.96. The maximum atomic E-state index is 11.6. The van der Waals surface area contributed by atoms with Crippen molar-refractivity contribution in [3.05, 3.63) is 29.8 Å². The summed E-state index contributed by atoms with van der Waals surface area (Å²) in [6.45, 7) is 3.50. The SMILES string of the molecule is CCS(=O)(=O)CC(C)Nc1ccc(CC(=O)N(C)C)cc1. The Hall–Kier alpha value is -1.56. The lowest BCUT2D eigenvalue weighted by Crippen LogP contribution is -2.26. The highest BCUT2D eigenvalue weighted by molar-refractivity contribution is 7.91. The van der Waals surface area contributed by atoms with E-state index in [-0.39, 0.29) is 23.5 Å². The normalized spacial score (nSPS) is 12.8. The summed E-state index contributed by atoms with van der Waals surface area (Å²) in [6.07, 6.45) is 0.368. The summed E-state index contributed by atoms with van der Waals surface area (Å²) >= 11 is 0. The Morgan fingerprint density at radius 2 is 1.81 bits per heavy atom. The number of hydrogen-bond acceptors (Lipinski definition) is 4. The molecule has 0 aromatic heterocycles. The van der Waals surface area contributed by atoms with Crippen LogP contribution in [0.15, 0.2) is 24.3 Å². The Bertz CT molecular complexity index is 565. The van der Waals surface area contributed by atoms with Gasteiger partial charge in [-0.05, 0) is 24.6 Å². The molecule has 1 aromatic rings. The van der Waals surface area contributed by atoms with Crippen molar-refractivity contribution in [3.63, 3.8) is 0 Å². The van der Waals surface area contributed by atoms with Gasteiger partial charge >= 0.3 is 0 Å². The predicted molar refractivity (Wildman–Crippen MR) is 86.3 cm³/mol. The lowest BCUT2D eigenvalue weighted by molar-refractivity contribution is -0.127. The quantitative estimate of drug-likeness (QED) is 0.829. The zero-order chi connectivity index (χ0) is 16.0. The van der Waals surface area contributed by atoms with E-state index in [0.29, 0.717) is 6.42 Å². The highest BCUT2D eigenvalue weighted by Gasteiger charge is 2.13. The lowest BCUT2D eigenvalue weighted by atomic mass is 10.1. The molecule has 0 bridgehead atoms. The third-order valence-electron chi connectivity index (χ3n) is 3.16. The monoisotopic (exact) mass is 312 g/mol. The molecule has 0 saturated heterocycles. The van der Waals surface area contributed by atoms with E-state index in [9.17, 15) is 13.2 Å². The van der Waals surface area contributed by atoms with Crippen LogP contribution in [0.1, 0.15) is 19.4 Å². The number of carbonyl (C=O) groups excluding carboxylic acids is 1. The van der Waals surface area contributed by atoms with E-state index < -0.39 is 9.84 Å². The molecular weight excluding hydrogens is 288 g/mol. The third-order valence-corrected chi connectivity index (χ3v) is 5.05. The molecule has 118 valence electrons. The molecule has 6 heteroatoms. The van der Waals surface area contributed by atoms with E-state index in [0.717, 1.165) is 11.3 Å². The average molecular weight is 312 g/mol. The standard InChI is InChI=1S/C15H24N2O3S/c1-5-21(19,20)11-12(2)16-14-8-6-13(7-9-14)10-15(18)17(3)4/h6-9,12,16H,5,10-11H2,1-4H3. The van der Waals surface area contributed by atoms with Crippen molar-refractivity contribution < 1.29 is 13.2 Å². The summed E-state index contributed by atoms with van der Waals surface area (Å²) in [5, 5.41) is 3.16. The van der Waals surface area contributed by atoms with Gasteiger partial charge in [0.2, 0.25) is 5.91 Å². The Balaban J connectivity index is 2.60. The number of amides is 1. The van der Waals surface area contributed by atoms with Gasteiger partial charge in [0, 0.05) is 31.6 Å². The molecule has 1 unspecified atom stereocenters. The summed E-state index contributed by atoms with van der Waals surface area (Å²) in [5.74, 6) is 0.327. The van der Waals surface area contributed by atoms with Crippen LogP contribution >= 0.6 is 0 Å². The van der Waals surface area contributed by atoms with Crippen LogP contribution in [-0.4, -0.2) is 50.9 Å². The van der Waals surface area contributed by atoms with Crippen LogP contribution in [0.4, 0.5) is 5.69 Å². The first kappa shape index (κ1) is 17.5. The van der Waals surface area contributed by atoms with Crippen molar-refractivity contribution in [2.24, 2.45) is 0 Å². The molecule has 1 N–H and O–H groups in total. The Labute approximate surface area is 127 Å². The van der Waals surface area contributed by atoms with Gasteiger partial charge in [-0.3, -0.25) is 4.79 Å². The van der Waals surface area contributed by atoms with Crippen LogP contribution in [-0.2, 0) is 21.1 Å². The molecule has 1 amide bonds. The van der Waals surface area contributed by atoms with E-state index in [1.54, 1.807) is 25.9 Å². The number of hydrogen-bond donors (Lipinski definition) is 1. The smallest absolute Gasteiger partial charge is 0.226 e. The molecule has 5 nitrogen and oxygen atoms in total. The highest BCUT2D eigenvalue weighted by atomic mass is 32.2. The fraction of sp³-hybridized carbons (Fsp3) is 0.533. The number of nitrogens with one attached hydrogen (secondary N) is 1. The number of nitrogens with zero attached hydrogens (tertiary/aromatic N) is 1. The number of sulfone groups is 1. The molecule has 0 aliphatic rings. The first-order valence-corrected chi connectivity index (χ1v) is 8.81. The summed E-state index contributed by atoms with van der Waals surface area (Å²) in [4.78, 5) is 13.2. The molecule has 0 aliphatic heterocycles. The van der Waals surface area contributed by atoms with Gasteiger partial charge in [-0.2, -0.15) is 0 Å². The van der Waals surface area contributed by atoms with Crippen molar-refractivity contribution in [2.75, 3.05) is 30.9 Å². The van der Waals surface area contributed by atoms with Gasteiger partial charge in [0.1, 0.15) is 0 Å². The summed E-state index contributed by atoms with van der Waals surface area (Å²) in [7, 11) is 0.475. The van der Waals surface area contributed by atoms with E-state index >= 15 is 0 Å². The van der Waals surface area contributed by atoms with Gasteiger partial charge in [-0.15, -0.1) is 0 Å². The zero-order valence-corrected chi connectivity index (χ0v) is 13.9. The number of rotatable bonds is 7. The van der Waals surface area contributed by atoms with Crippen LogP contribution in [0.25, 0.3) is 0 Å². The van der Waals surface area contributed by atoms with Crippen molar-refractivity contribution in [2.45, 2.75) is 26.3 Å². The van der Waals surface area contributed by atoms with Gasteiger partial charge in [0.05, 0.1) is 12.2 Å².